The minimum atomic E-state index is -4.40. The SMILES string of the molecule is C=Cc1cccc(S(=O)(=O)O)c1N=[N+]=[N-]. The summed E-state index contributed by atoms with van der Waals surface area (Å²) in [6.07, 6.45) is 1.33. The van der Waals surface area contributed by atoms with Crippen molar-refractivity contribution in [2.45, 2.75) is 4.90 Å². The van der Waals surface area contributed by atoms with Crippen molar-refractivity contribution in [3.63, 3.8) is 0 Å². The van der Waals surface area contributed by atoms with Gasteiger partial charge in [0.2, 0.25) is 0 Å². The molecule has 0 spiro atoms. The van der Waals surface area contributed by atoms with Gasteiger partial charge in [-0.3, -0.25) is 4.55 Å². The quantitative estimate of drug-likeness (QED) is 0.370. The number of rotatable bonds is 3. The molecular formula is C8H7N3O3S. The van der Waals surface area contributed by atoms with Crippen LogP contribution in [0.2, 0.25) is 0 Å². The summed E-state index contributed by atoms with van der Waals surface area (Å²) in [6.45, 7) is 3.44. The summed E-state index contributed by atoms with van der Waals surface area (Å²) in [7, 11) is -4.40. The van der Waals surface area contributed by atoms with E-state index in [1.807, 2.05) is 0 Å². The number of hydrogen-bond donors (Lipinski definition) is 1. The average Bonchev–Trinajstić information content (AvgIpc) is 2.17. The van der Waals surface area contributed by atoms with E-state index in [0.717, 1.165) is 6.07 Å². The molecule has 0 radical (unpaired) electrons. The summed E-state index contributed by atoms with van der Waals surface area (Å²) in [5.41, 5.74) is 8.46. The van der Waals surface area contributed by atoms with E-state index in [4.69, 9.17) is 10.1 Å². The Bertz CT molecular complexity index is 544. The monoisotopic (exact) mass is 225 g/mol. The minimum Gasteiger partial charge on any atom is -0.282 e. The number of azide groups is 1. The van der Waals surface area contributed by atoms with Crippen LogP contribution in [0.4, 0.5) is 5.69 Å². The molecule has 0 atom stereocenters. The molecule has 0 bridgehead atoms. The normalized spacial score (nSPS) is 10.5. The second-order valence-electron chi connectivity index (χ2n) is 2.56. The van der Waals surface area contributed by atoms with Crippen molar-refractivity contribution in [2.75, 3.05) is 0 Å². The van der Waals surface area contributed by atoms with Gasteiger partial charge in [-0.25, -0.2) is 0 Å². The molecule has 0 aliphatic carbocycles. The smallest absolute Gasteiger partial charge is 0.282 e. The van der Waals surface area contributed by atoms with Crippen LogP contribution in [-0.4, -0.2) is 13.0 Å². The lowest BCUT2D eigenvalue weighted by atomic mass is 10.2. The standard InChI is InChI=1S/C8H7N3O3S/c1-2-6-4-3-5-7(15(12,13)14)8(6)10-11-9/h2-5H,1H2,(H,12,13,14). The Morgan fingerprint density at radius 2 is 2.20 bits per heavy atom. The lowest BCUT2D eigenvalue weighted by Gasteiger charge is -2.04. The third kappa shape index (κ3) is 2.35. The first kappa shape index (κ1) is 11.3. The van der Waals surface area contributed by atoms with E-state index in [1.165, 1.54) is 18.2 Å². The van der Waals surface area contributed by atoms with E-state index < -0.39 is 15.0 Å². The largest absolute Gasteiger partial charge is 0.295 e. The van der Waals surface area contributed by atoms with E-state index in [1.54, 1.807) is 0 Å². The zero-order valence-electron chi connectivity index (χ0n) is 7.53. The van der Waals surface area contributed by atoms with Crippen molar-refractivity contribution in [1.82, 2.24) is 0 Å². The average molecular weight is 225 g/mol. The third-order valence-electron chi connectivity index (χ3n) is 1.67. The highest BCUT2D eigenvalue weighted by molar-refractivity contribution is 7.86. The first-order chi connectivity index (χ1) is 7.00. The molecule has 0 fully saturated rings. The summed E-state index contributed by atoms with van der Waals surface area (Å²) in [5.74, 6) is 0. The van der Waals surface area contributed by atoms with Gasteiger partial charge in [0, 0.05) is 4.91 Å². The predicted molar refractivity (Wildman–Crippen MR) is 55.2 cm³/mol. The van der Waals surface area contributed by atoms with Crippen molar-refractivity contribution < 1.29 is 13.0 Å². The van der Waals surface area contributed by atoms with Gasteiger partial charge in [0.1, 0.15) is 4.90 Å². The van der Waals surface area contributed by atoms with Gasteiger partial charge in [0.25, 0.3) is 10.1 Å². The first-order valence-corrected chi connectivity index (χ1v) is 5.22. The van der Waals surface area contributed by atoms with Crippen LogP contribution >= 0.6 is 0 Å². The molecule has 0 saturated carbocycles. The van der Waals surface area contributed by atoms with Crippen LogP contribution in [0.5, 0.6) is 0 Å². The fourth-order valence-corrected chi connectivity index (χ4v) is 1.72. The molecule has 1 rings (SSSR count). The molecule has 78 valence electrons. The zero-order valence-corrected chi connectivity index (χ0v) is 8.35. The summed E-state index contributed by atoms with van der Waals surface area (Å²) in [5, 5.41) is 3.21. The van der Waals surface area contributed by atoms with Gasteiger partial charge in [0.15, 0.2) is 0 Å². The predicted octanol–water partition coefficient (Wildman–Crippen LogP) is 2.52. The first-order valence-electron chi connectivity index (χ1n) is 3.78. The van der Waals surface area contributed by atoms with Gasteiger partial charge in [-0.15, -0.1) is 0 Å². The van der Waals surface area contributed by atoms with Crippen LogP contribution in [0.15, 0.2) is 34.8 Å². The highest BCUT2D eigenvalue weighted by Crippen LogP contribution is 2.29. The van der Waals surface area contributed by atoms with Gasteiger partial charge >= 0.3 is 0 Å². The Hall–Kier alpha value is -1.82. The fraction of sp³-hybridized carbons (Fsp3) is 0. The molecule has 0 amide bonds. The molecule has 15 heavy (non-hydrogen) atoms. The van der Waals surface area contributed by atoms with E-state index in [9.17, 15) is 8.42 Å². The molecule has 0 aliphatic heterocycles. The number of benzene rings is 1. The Labute approximate surface area is 86.2 Å². The lowest BCUT2D eigenvalue weighted by molar-refractivity contribution is 0.483. The Balaban J connectivity index is 3.67. The molecule has 0 aliphatic rings. The van der Waals surface area contributed by atoms with E-state index in [-0.39, 0.29) is 5.69 Å². The van der Waals surface area contributed by atoms with Gasteiger partial charge < -0.3 is 0 Å². The maximum absolute atomic E-state index is 10.9. The van der Waals surface area contributed by atoms with Crippen LogP contribution in [0.3, 0.4) is 0 Å². The van der Waals surface area contributed by atoms with Crippen LogP contribution in [0, 0.1) is 0 Å². The zero-order chi connectivity index (χ0) is 11.5. The molecule has 7 heteroatoms. The van der Waals surface area contributed by atoms with Crippen molar-refractivity contribution in [2.24, 2.45) is 5.11 Å². The van der Waals surface area contributed by atoms with Crippen LogP contribution in [0.25, 0.3) is 16.5 Å². The number of hydrogen-bond acceptors (Lipinski definition) is 3. The Kier molecular flexibility index (Phi) is 3.11. The molecule has 0 saturated heterocycles. The fourth-order valence-electron chi connectivity index (χ4n) is 1.06. The molecule has 0 unspecified atom stereocenters. The summed E-state index contributed by atoms with van der Waals surface area (Å²) >= 11 is 0. The highest BCUT2D eigenvalue weighted by atomic mass is 32.2. The molecule has 6 nitrogen and oxygen atoms in total. The third-order valence-corrected chi connectivity index (χ3v) is 2.56. The topological polar surface area (TPSA) is 103 Å². The second kappa shape index (κ2) is 4.14. The second-order valence-corrected chi connectivity index (χ2v) is 3.95. The van der Waals surface area contributed by atoms with Crippen molar-refractivity contribution in [3.8, 4) is 0 Å². The van der Waals surface area contributed by atoms with Gasteiger partial charge in [-0.05, 0) is 17.2 Å². The van der Waals surface area contributed by atoms with Crippen LogP contribution < -0.4 is 0 Å². The van der Waals surface area contributed by atoms with Gasteiger partial charge in [-0.2, -0.15) is 8.42 Å². The molecule has 1 aromatic rings. The molecule has 1 N–H and O–H groups in total. The molecule has 0 heterocycles. The highest BCUT2D eigenvalue weighted by Gasteiger charge is 2.15. The van der Waals surface area contributed by atoms with Crippen molar-refractivity contribution in [1.29, 1.82) is 0 Å². The summed E-state index contributed by atoms with van der Waals surface area (Å²) in [6, 6.07) is 4.08. The van der Waals surface area contributed by atoms with Gasteiger partial charge in [-0.1, -0.05) is 29.9 Å². The van der Waals surface area contributed by atoms with Crippen LogP contribution in [0.1, 0.15) is 5.56 Å². The number of nitrogens with zero attached hydrogens (tertiary/aromatic N) is 3. The van der Waals surface area contributed by atoms with E-state index >= 15 is 0 Å². The van der Waals surface area contributed by atoms with Crippen molar-refractivity contribution >= 4 is 21.9 Å². The maximum atomic E-state index is 10.9. The van der Waals surface area contributed by atoms with E-state index in [2.05, 4.69) is 16.6 Å². The van der Waals surface area contributed by atoms with Crippen LogP contribution in [-0.2, 0) is 10.1 Å². The summed E-state index contributed by atoms with van der Waals surface area (Å²) < 4.78 is 30.7. The Morgan fingerprint density at radius 3 is 2.67 bits per heavy atom. The molecular weight excluding hydrogens is 218 g/mol. The molecule has 0 aromatic heterocycles. The molecule has 1 aromatic carbocycles. The minimum absolute atomic E-state index is 0.155. The Morgan fingerprint density at radius 1 is 1.53 bits per heavy atom. The van der Waals surface area contributed by atoms with Crippen molar-refractivity contribution in [3.05, 3.63) is 40.8 Å². The van der Waals surface area contributed by atoms with E-state index in [0.29, 0.717) is 5.56 Å². The lowest BCUT2D eigenvalue weighted by Crippen LogP contribution is -1.98. The van der Waals surface area contributed by atoms with Gasteiger partial charge in [0.05, 0.1) is 5.69 Å². The summed E-state index contributed by atoms with van der Waals surface area (Å²) in [4.78, 5) is 2.06. The maximum Gasteiger partial charge on any atom is 0.295 e.